The largest absolute Gasteiger partial charge is 0.465 e. The quantitative estimate of drug-likeness (QED) is 0.793. The number of methoxy groups -OCH3 is 1. The van der Waals surface area contributed by atoms with E-state index in [4.69, 9.17) is 0 Å². The molecule has 0 unspecified atom stereocenters. The number of carbonyl (C=O) groups excluding carboxylic acids is 1. The minimum absolute atomic E-state index is 0.0814. The van der Waals surface area contributed by atoms with Gasteiger partial charge in [0.1, 0.15) is 0 Å². The van der Waals surface area contributed by atoms with Crippen molar-refractivity contribution in [3.05, 3.63) is 29.3 Å². The predicted octanol–water partition coefficient (Wildman–Crippen LogP) is 0.690. The topological polar surface area (TPSA) is 72.5 Å². The Kier molecular flexibility index (Phi) is 3.66. The lowest BCUT2D eigenvalue weighted by atomic mass is 10.1. The van der Waals surface area contributed by atoms with Crippen molar-refractivity contribution in [2.45, 2.75) is 11.8 Å². The Morgan fingerprint density at radius 3 is 2.50 bits per heavy atom. The fourth-order valence-corrected chi connectivity index (χ4v) is 2.24. The van der Waals surface area contributed by atoms with E-state index in [-0.39, 0.29) is 10.5 Å². The van der Waals surface area contributed by atoms with Gasteiger partial charge in [0.2, 0.25) is 10.0 Å². The summed E-state index contributed by atoms with van der Waals surface area (Å²) in [7, 11) is -0.987. The number of carbonyl (C=O) groups is 1. The Labute approximate surface area is 94.5 Å². The number of nitrogens with one attached hydrogen (secondary N) is 1. The van der Waals surface area contributed by atoms with Gasteiger partial charge in [-0.25, -0.2) is 17.9 Å². The highest BCUT2D eigenvalue weighted by atomic mass is 32.2. The third-order valence-electron chi connectivity index (χ3n) is 2.17. The number of hydrogen-bond acceptors (Lipinski definition) is 4. The maximum Gasteiger partial charge on any atom is 0.337 e. The first-order valence-corrected chi connectivity index (χ1v) is 6.03. The van der Waals surface area contributed by atoms with Crippen molar-refractivity contribution < 1.29 is 17.9 Å². The van der Waals surface area contributed by atoms with Crippen molar-refractivity contribution in [1.29, 1.82) is 0 Å². The number of esters is 1. The average Bonchev–Trinajstić information content (AvgIpc) is 2.28. The van der Waals surface area contributed by atoms with E-state index in [1.54, 1.807) is 13.0 Å². The van der Waals surface area contributed by atoms with Crippen LogP contribution in [-0.2, 0) is 14.8 Å². The fraction of sp³-hybridized carbons (Fsp3) is 0.300. The zero-order chi connectivity index (χ0) is 12.3. The van der Waals surface area contributed by atoms with Gasteiger partial charge in [0.15, 0.2) is 0 Å². The second-order valence-electron chi connectivity index (χ2n) is 3.18. The Balaban J connectivity index is 3.36. The van der Waals surface area contributed by atoms with Crippen molar-refractivity contribution >= 4 is 16.0 Å². The molecule has 1 N–H and O–H groups in total. The van der Waals surface area contributed by atoms with E-state index in [0.717, 1.165) is 0 Å². The van der Waals surface area contributed by atoms with Crippen LogP contribution in [0.4, 0.5) is 0 Å². The number of hydrogen-bond donors (Lipinski definition) is 1. The molecule has 5 nitrogen and oxygen atoms in total. The van der Waals surface area contributed by atoms with Crippen LogP contribution in [0.2, 0.25) is 0 Å². The molecule has 0 spiro atoms. The Bertz CT molecular complexity index is 508. The number of benzene rings is 1. The van der Waals surface area contributed by atoms with Gasteiger partial charge in [0.05, 0.1) is 17.6 Å². The molecule has 0 saturated carbocycles. The van der Waals surface area contributed by atoms with Gasteiger partial charge in [-0.1, -0.05) is 6.07 Å². The number of rotatable bonds is 3. The molecule has 0 atom stereocenters. The van der Waals surface area contributed by atoms with Crippen LogP contribution in [0.15, 0.2) is 23.1 Å². The summed E-state index contributed by atoms with van der Waals surface area (Å²) in [5, 5.41) is 0. The molecule has 0 amide bonds. The van der Waals surface area contributed by atoms with Crippen molar-refractivity contribution in [3.8, 4) is 0 Å². The van der Waals surface area contributed by atoms with E-state index in [0.29, 0.717) is 5.56 Å². The van der Waals surface area contributed by atoms with Crippen molar-refractivity contribution in [1.82, 2.24) is 4.72 Å². The van der Waals surface area contributed by atoms with Crippen LogP contribution in [0, 0.1) is 6.92 Å². The summed E-state index contributed by atoms with van der Waals surface area (Å²) in [4.78, 5) is 11.3. The van der Waals surface area contributed by atoms with Crippen LogP contribution in [0.1, 0.15) is 15.9 Å². The van der Waals surface area contributed by atoms with Crippen molar-refractivity contribution in [3.63, 3.8) is 0 Å². The zero-order valence-electron chi connectivity index (χ0n) is 9.27. The smallest absolute Gasteiger partial charge is 0.337 e. The van der Waals surface area contributed by atoms with Crippen LogP contribution in [0.5, 0.6) is 0 Å². The minimum atomic E-state index is -3.55. The summed E-state index contributed by atoms with van der Waals surface area (Å²) in [5.74, 6) is -0.562. The standard InChI is InChI=1S/C10H13NO4S/c1-7-4-5-8(10(12)15-3)6-9(7)16(13,14)11-2/h4-6,11H,1-3H3. The summed E-state index contributed by atoms with van der Waals surface area (Å²) in [6.07, 6.45) is 0. The first-order valence-electron chi connectivity index (χ1n) is 4.55. The molecule has 1 aromatic carbocycles. The van der Waals surface area contributed by atoms with Crippen molar-refractivity contribution in [2.75, 3.05) is 14.2 Å². The highest BCUT2D eigenvalue weighted by molar-refractivity contribution is 7.89. The van der Waals surface area contributed by atoms with E-state index in [1.807, 2.05) is 0 Å². The van der Waals surface area contributed by atoms with Crippen LogP contribution in [0.25, 0.3) is 0 Å². The molecule has 6 heteroatoms. The number of aryl methyl sites for hydroxylation is 1. The molecule has 1 rings (SSSR count). The van der Waals surface area contributed by atoms with Gasteiger partial charge in [-0.2, -0.15) is 0 Å². The second-order valence-corrected chi connectivity index (χ2v) is 5.03. The molecule has 0 aromatic heterocycles. The molecule has 1 aromatic rings. The van der Waals surface area contributed by atoms with Crippen LogP contribution in [-0.4, -0.2) is 28.5 Å². The summed E-state index contributed by atoms with van der Waals surface area (Å²) >= 11 is 0. The SMILES string of the molecule is CNS(=O)(=O)c1cc(C(=O)OC)ccc1C. The molecule has 16 heavy (non-hydrogen) atoms. The van der Waals surface area contributed by atoms with Crippen LogP contribution < -0.4 is 4.72 Å². The van der Waals surface area contributed by atoms with E-state index < -0.39 is 16.0 Å². The normalized spacial score (nSPS) is 11.2. The molecule has 0 fully saturated rings. The number of sulfonamides is 1. The summed E-state index contributed by atoms with van der Waals surface area (Å²) in [5.41, 5.74) is 0.781. The summed E-state index contributed by atoms with van der Waals surface area (Å²) in [6.45, 7) is 1.66. The van der Waals surface area contributed by atoms with Gasteiger partial charge in [-0.3, -0.25) is 0 Å². The maximum atomic E-state index is 11.6. The lowest BCUT2D eigenvalue weighted by Gasteiger charge is -2.07. The summed E-state index contributed by atoms with van der Waals surface area (Å²) in [6, 6.07) is 4.39. The monoisotopic (exact) mass is 243 g/mol. The van der Waals surface area contributed by atoms with Crippen LogP contribution >= 0.6 is 0 Å². The summed E-state index contributed by atoms with van der Waals surface area (Å²) < 4.78 is 30.0. The van der Waals surface area contributed by atoms with Gasteiger partial charge >= 0.3 is 5.97 Å². The Hall–Kier alpha value is -1.40. The highest BCUT2D eigenvalue weighted by Crippen LogP contribution is 2.17. The van der Waals surface area contributed by atoms with Crippen LogP contribution in [0.3, 0.4) is 0 Å². The van der Waals surface area contributed by atoms with E-state index in [2.05, 4.69) is 9.46 Å². The fourth-order valence-electron chi connectivity index (χ4n) is 1.24. The zero-order valence-corrected chi connectivity index (χ0v) is 10.1. The van der Waals surface area contributed by atoms with Gasteiger partial charge in [-0.05, 0) is 31.7 Å². The molecule has 0 radical (unpaired) electrons. The average molecular weight is 243 g/mol. The first-order chi connectivity index (χ1) is 7.42. The Morgan fingerprint density at radius 1 is 1.38 bits per heavy atom. The molecule has 0 saturated heterocycles. The van der Waals surface area contributed by atoms with E-state index in [9.17, 15) is 13.2 Å². The molecule has 0 aliphatic rings. The third-order valence-corrected chi connectivity index (χ3v) is 3.72. The minimum Gasteiger partial charge on any atom is -0.465 e. The molecule has 0 aliphatic carbocycles. The second kappa shape index (κ2) is 4.63. The molecule has 88 valence electrons. The van der Waals surface area contributed by atoms with Crippen molar-refractivity contribution in [2.24, 2.45) is 0 Å². The van der Waals surface area contributed by atoms with E-state index in [1.165, 1.54) is 26.3 Å². The lowest BCUT2D eigenvalue weighted by Crippen LogP contribution is -2.20. The third kappa shape index (κ3) is 2.40. The molecule has 0 bridgehead atoms. The van der Waals surface area contributed by atoms with Gasteiger partial charge in [0, 0.05) is 0 Å². The number of ether oxygens (including phenoxy) is 1. The molecular weight excluding hydrogens is 230 g/mol. The van der Waals surface area contributed by atoms with E-state index >= 15 is 0 Å². The van der Waals surface area contributed by atoms with Gasteiger partial charge in [0.25, 0.3) is 0 Å². The Morgan fingerprint density at radius 2 is 2.00 bits per heavy atom. The molecule has 0 heterocycles. The first kappa shape index (κ1) is 12.7. The lowest BCUT2D eigenvalue weighted by molar-refractivity contribution is 0.0600. The predicted molar refractivity (Wildman–Crippen MR) is 58.8 cm³/mol. The van der Waals surface area contributed by atoms with Gasteiger partial charge in [-0.15, -0.1) is 0 Å². The highest BCUT2D eigenvalue weighted by Gasteiger charge is 2.17. The molecular formula is C10H13NO4S. The maximum absolute atomic E-state index is 11.6. The van der Waals surface area contributed by atoms with Gasteiger partial charge < -0.3 is 4.74 Å². The molecule has 0 aliphatic heterocycles.